The van der Waals surface area contributed by atoms with E-state index in [0.29, 0.717) is 0 Å². The molecule has 0 saturated carbocycles. The van der Waals surface area contributed by atoms with Crippen molar-refractivity contribution in [3.8, 4) is 0 Å². The van der Waals surface area contributed by atoms with Gasteiger partial charge >= 0.3 is 23.7 Å². The van der Waals surface area contributed by atoms with Crippen LogP contribution in [0, 0.1) is 0 Å². The molecule has 0 N–H and O–H groups in total. The van der Waals surface area contributed by atoms with E-state index in [-0.39, 0.29) is 6.26 Å². The zero-order chi connectivity index (χ0) is 14.9. The van der Waals surface area contributed by atoms with Crippen molar-refractivity contribution < 1.29 is 48.0 Å². The smallest absolute Gasteiger partial charge is 0.556 e. The van der Waals surface area contributed by atoms with Gasteiger partial charge in [0.2, 0.25) is 0 Å². The first-order valence-corrected chi connectivity index (χ1v) is 6.27. The fraction of sp³-hybridized carbons (Fsp3) is 1.00. The van der Waals surface area contributed by atoms with Crippen LogP contribution in [-0.4, -0.2) is 38.7 Å². The van der Waals surface area contributed by atoms with Crippen LogP contribution in [0.2, 0.25) is 0 Å². The van der Waals surface area contributed by atoms with E-state index >= 15 is 0 Å². The molecule has 0 heterocycles. The number of hydrogen-bond acceptors (Lipinski definition) is 3. The Morgan fingerprint density at radius 2 is 1.39 bits per heavy atom. The lowest BCUT2D eigenvalue weighted by Gasteiger charge is -2.21. The van der Waals surface area contributed by atoms with Gasteiger partial charge in [-0.2, -0.15) is 26.3 Å². The van der Waals surface area contributed by atoms with E-state index in [1.54, 1.807) is 0 Å². The van der Waals surface area contributed by atoms with Gasteiger partial charge in [0, 0.05) is 11.2 Å². The quantitative estimate of drug-likeness (QED) is 0.450. The van der Waals surface area contributed by atoms with Crippen molar-refractivity contribution in [1.82, 2.24) is 0 Å². The molecule has 0 aromatic heterocycles. The summed E-state index contributed by atoms with van der Waals surface area (Å²) in [5, 5.41) is 0. The molecule has 0 fully saturated rings. The molecule has 108 valence electrons. The maximum absolute atomic E-state index is 12.6. The van der Waals surface area contributed by atoms with Gasteiger partial charge < -0.3 is 8.65 Å². The minimum absolute atomic E-state index is 0.247. The Kier molecular flexibility index (Phi) is 5.48. The van der Waals surface area contributed by atoms with Crippen LogP contribution in [0.5, 0.6) is 0 Å². The van der Waals surface area contributed by atoms with Gasteiger partial charge in [0.05, 0.1) is 0 Å². The molecule has 2 atom stereocenters. The molecule has 0 amide bonds. The van der Waals surface area contributed by atoms with Crippen molar-refractivity contribution in [3.63, 3.8) is 0 Å². The van der Waals surface area contributed by atoms with Crippen LogP contribution >= 0.6 is 0 Å². The summed E-state index contributed by atoms with van der Waals surface area (Å²) in [7, 11) is 0. The molecule has 18 heavy (non-hydrogen) atoms. The molecule has 14 heteroatoms. The summed E-state index contributed by atoms with van der Waals surface area (Å²) in [6.07, 6.45) is -11.9. The molecule has 0 aromatic rings. The molecule has 0 aliphatic carbocycles. The zero-order valence-corrected chi connectivity index (χ0v) is 9.78. The highest BCUT2D eigenvalue weighted by atomic mass is 32.3. The van der Waals surface area contributed by atoms with E-state index in [9.17, 15) is 43.9 Å². The second kappa shape index (κ2) is 5.50. The molecule has 0 rings (SSSR count). The lowest BCUT2D eigenvalue weighted by molar-refractivity contribution is -0.118. The number of hydrogen-bond donors (Lipinski definition) is 0. The highest BCUT2D eigenvalue weighted by Gasteiger charge is 2.67. The van der Waals surface area contributed by atoms with Crippen LogP contribution in [-0.2, 0) is 26.4 Å². The number of alkyl halides is 8. The van der Waals surface area contributed by atoms with Crippen molar-refractivity contribution >= 4 is 29.2 Å². The Labute approximate surface area is 101 Å². The standard InChI is InChI=1S/C4H3BF8O3S2/c1-17(14)4(12,13)18(15)16-5(2(6,7)8)3(9,10)11/h1H3. The lowest BCUT2D eigenvalue weighted by Crippen LogP contribution is -2.52. The monoisotopic (exact) mass is 326 g/mol. The van der Waals surface area contributed by atoms with Crippen molar-refractivity contribution in [1.29, 1.82) is 0 Å². The van der Waals surface area contributed by atoms with Gasteiger partial charge in [-0.1, -0.05) is 0 Å². The number of halogens is 8. The van der Waals surface area contributed by atoms with Crippen LogP contribution in [0.25, 0.3) is 0 Å². The molecule has 0 aliphatic heterocycles. The van der Waals surface area contributed by atoms with E-state index in [2.05, 4.69) is 4.10 Å². The van der Waals surface area contributed by atoms with Gasteiger partial charge in [0.25, 0.3) is 11.1 Å². The maximum Gasteiger partial charge on any atom is 0.556 e. The molecule has 0 radical (unpaired) electrons. The van der Waals surface area contributed by atoms with Gasteiger partial charge in [0.15, 0.2) is 0 Å². The third-order valence-corrected chi connectivity index (χ3v) is 3.84. The van der Waals surface area contributed by atoms with Gasteiger partial charge in [-0.3, -0.25) is 0 Å². The summed E-state index contributed by atoms with van der Waals surface area (Å²) < 4.78 is 115. The molecule has 0 saturated heterocycles. The van der Waals surface area contributed by atoms with E-state index in [1.165, 1.54) is 0 Å². The topological polar surface area (TPSA) is 49.4 Å². The van der Waals surface area contributed by atoms with E-state index in [1.807, 2.05) is 0 Å². The van der Waals surface area contributed by atoms with Crippen LogP contribution in [0.1, 0.15) is 0 Å². The second-order valence-corrected chi connectivity index (χ2v) is 5.57. The molecular formula is C4H3BF8O3S2. The van der Waals surface area contributed by atoms with Crippen LogP contribution in [0.15, 0.2) is 0 Å². The predicted molar refractivity (Wildman–Crippen MR) is 46.1 cm³/mol. The summed E-state index contributed by atoms with van der Waals surface area (Å²) >= 11 is -7.63. The van der Waals surface area contributed by atoms with E-state index in [4.69, 9.17) is 0 Å². The average Bonchev–Trinajstić information content (AvgIpc) is 2.09. The Morgan fingerprint density at radius 1 is 1.06 bits per heavy atom. The zero-order valence-electron chi connectivity index (χ0n) is 8.14. The molecule has 0 spiro atoms. The number of rotatable bonds is 4. The van der Waals surface area contributed by atoms with Gasteiger partial charge in [0.1, 0.15) is 6.26 Å². The first kappa shape index (κ1) is 17.9. The predicted octanol–water partition coefficient (Wildman–Crippen LogP) is 1.79. The van der Waals surface area contributed by atoms with Crippen molar-refractivity contribution in [2.24, 2.45) is 0 Å². The van der Waals surface area contributed by atoms with Crippen LogP contribution in [0.3, 0.4) is 0 Å². The molecule has 0 aliphatic rings. The minimum Gasteiger partial charge on any atom is -0.611 e. The highest BCUT2D eigenvalue weighted by molar-refractivity contribution is 8.05. The molecule has 0 aromatic carbocycles. The molecule has 2 unspecified atom stereocenters. The van der Waals surface area contributed by atoms with Gasteiger partial charge in [-0.25, -0.2) is 4.21 Å². The third kappa shape index (κ3) is 4.55. The fourth-order valence-corrected chi connectivity index (χ4v) is 1.92. The largest absolute Gasteiger partial charge is 0.611 e. The van der Waals surface area contributed by atoms with Crippen LogP contribution in [0.4, 0.5) is 35.1 Å². The summed E-state index contributed by atoms with van der Waals surface area (Å²) in [5.74, 6) is 0. The van der Waals surface area contributed by atoms with Gasteiger partial charge in [-0.05, 0) is 0 Å². The fourth-order valence-electron chi connectivity index (χ4n) is 0.534. The molecule has 0 bridgehead atoms. The Bertz CT molecular complexity index is 300. The highest BCUT2D eigenvalue weighted by Crippen LogP contribution is 2.35. The minimum atomic E-state index is -6.08. The molecular weight excluding hydrogens is 323 g/mol. The SMILES string of the molecule is C[S+]([O-])C(F)(F)S(=O)OB(C(F)(F)F)C(F)(F)F. The Hall–Kier alpha value is -0.0751. The first-order chi connectivity index (χ1) is 7.70. The lowest BCUT2D eigenvalue weighted by atomic mass is 9.67. The Balaban J connectivity index is 5.10. The second-order valence-electron chi connectivity index (χ2n) is 2.71. The normalized spacial score (nSPS) is 17.4. The molecule has 3 nitrogen and oxygen atoms in total. The van der Waals surface area contributed by atoms with E-state index in [0.717, 1.165) is 0 Å². The van der Waals surface area contributed by atoms with Crippen molar-refractivity contribution in [2.75, 3.05) is 6.26 Å². The van der Waals surface area contributed by atoms with Crippen LogP contribution < -0.4 is 0 Å². The van der Waals surface area contributed by atoms with Crippen molar-refractivity contribution in [2.45, 2.75) is 16.7 Å². The third-order valence-electron chi connectivity index (χ3n) is 1.31. The summed E-state index contributed by atoms with van der Waals surface area (Å²) in [6.45, 7) is -4.65. The average molecular weight is 326 g/mol. The Morgan fingerprint density at radius 3 is 1.61 bits per heavy atom. The summed E-state index contributed by atoms with van der Waals surface area (Å²) in [4.78, 5) is 0. The summed E-state index contributed by atoms with van der Waals surface area (Å²) in [5.41, 5.74) is 0. The first-order valence-electron chi connectivity index (χ1n) is 3.64. The van der Waals surface area contributed by atoms with Crippen molar-refractivity contribution in [3.05, 3.63) is 0 Å². The van der Waals surface area contributed by atoms with Gasteiger partial charge in [-0.15, -0.1) is 8.78 Å². The van der Waals surface area contributed by atoms with E-state index < -0.39 is 45.9 Å². The summed E-state index contributed by atoms with van der Waals surface area (Å²) in [6, 6.07) is 0. The maximum atomic E-state index is 12.6.